The zero-order valence-corrected chi connectivity index (χ0v) is 13.1. The average Bonchev–Trinajstić information content (AvgIpc) is 2.94. The highest BCUT2D eigenvalue weighted by Gasteiger charge is 2.15. The predicted molar refractivity (Wildman–Crippen MR) is 87.6 cm³/mol. The second-order valence-corrected chi connectivity index (χ2v) is 6.31. The largest absolute Gasteiger partial charge is 0.379 e. The number of anilines is 1. The third kappa shape index (κ3) is 3.66. The van der Waals surface area contributed by atoms with Crippen LogP contribution in [-0.4, -0.2) is 9.78 Å². The zero-order chi connectivity index (χ0) is 14.7. The Balaban J connectivity index is 1.61. The Kier molecular flexibility index (Phi) is 4.28. The van der Waals surface area contributed by atoms with Crippen LogP contribution in [0.2, 0.25) is 0 Å². The minimum atomic E-state index is 0.619. The summed E-state index contributed by atoms with van der Waals surface area (Å²) in [5, 5.41) is 8.23. The van der Waals surface area contributed by atoms with Gasteiger partial charge in [0.05, 0.1) is 18.3 Å². The van der Waals surface area contributed by atoms with E-state index in [1.165, 1.54) is 48.9 Å². The molecule has 0 bridgehead atoms. The second kappa shape index (κ2) is 6.33. The summed E-state index contributed by atoms with van der Waals surface area (Å²) >= 11 is 0. The normalized spacial score (nSPS) is 16.1. The summed E-state index contributed by atoms with van der Waals surface area (Å²) in [7, 11) is 0. The van der Waals surface area contributed by atoms with Crippen LogP contribution < -0.4 is 5.32 Å². The Morgan fingerprint density at radius 2 is 1.81 bits per heavy atom. The molecule has 2 aromatic rings. The zero-order valence-electron chi connectivity index (χ0n) is 13.1. The summed E-state index contributed by atoms with van der Waals surface area (Å²) in [6, 6.07) is 9.33. The van der Waals surface area contributed by atoms with E-state index in [0.29, 0.717) is 6.04 Å². The highest BCUT2D eigenvalue weighted by Crippen LogP contribution is 2.27. The van der Waals surface area contributed by atoms with Gasteiger partial charge in [0.15, 0.2) is 0 Å². The fourth-order valence-electron chi connectivity index (χ4n) is 3.29. The van der Waals surface area contributed by atoms with Gasteiger partial charge in [-0.15, -0.1) is 0 Å². The minimum absolute atomic E-state index is 0.619. The van der Waals surface area contributed by atoms with Gasteiger partial charge in [0, 0.05) is 11.9 Å². The molecule has 1 N–H and O–H groups in total. The molecule has 0 spiro atoms. The van der Waals surface area contributed by atoms with Crippen molar-refractivity contribution in [2.24, 2.45) is 0 Å². The Morgan fingerprint density at radius 3 is 2.52 bits per heavy atom. The summed E-state index contributed by atoms with van der Waals surface area (Å²) < 4.78 is 2.18. The van der Waals surface area contributed by atoms with E-state index in [-0.39, 0.29) is 0 Å². The van der Waals surface area contributed by atoms with Crippen molar-refractivity contribution in [3.05, 3.63) is 47.3 Å². The molecule has 3 nitrogen and oxygen atoms in total. The molecule has 0 saturated heterocycles. The number of rotatable bonds is 4. The van der Waals surface area contributed by atoms with Crippen molar-refractivity contribution in [3.8, 4) is 0 Å². The number of nitrogens with one attached hydrogen (secondary N) is 1. The van der Waals surface area contributed by atoms with Gasteiger partial charge in [0.25, 0.3) is 0 Å². The van der Waals surface area contributed by atoms with Gasteiger partial charge in [-0.25, -0.2) is 0 Å². The molecule has 1 aliphatic carbocycles. The number of nitrogens with zero attached hydrogens (tertiary/aromatic N) is 2. The molecule has 1 aromatic heterocycles. The van der Waals surface area contributed by atoms with Crippen LogP contribution in [0.4, 0.5) is 5.69 Å². The molecule has 0 unspecified atom stereocenters. The van der Waals surface area contributed by atoms with Gasteiger partial charge in [-0.3, -0.25) is 4.68 Å². The van der Waals surface area contributed by atoms with Crippen molar-refractivity contribution in [2.75, 3.05) is 5.32 Å². The van der Waals surface area contributed by atoms with E-state index in [0.717, 1.165) is 12.2 Å². The second-order valence-electron chi connectivity index (χ2n) is 6.31. The van der Waals surface area contributed by atoms with E-state index in [9.17, 15) is 0 Å². The van der Waals surface area contributed by atoms with Crippen LogP contribution in [0.25, 0.3) is 0 Å². The summed E-state index contributed by atoms with van der Waals surface area (Å²) in [4.78, 5) is 0. The van der Waals surface area contributed by atoms with Crippen LogP contribution in [0.5, 0.6) is 0 Å². The molecule has 3 rings (SSSR count). The summed E-state index contributed by atoms with van der Waals surface area (Å²) in [5.41, 5.74) is 4.90. The van der Waals surface area contributed by atoms with Gasteiger partial charge < -0.3 is 5.32 Å². The fraction of sp³-hybridized carbons (Fsp3) is 0.500. The first-order valence-corrected chi connectivity index (χ1v) is 8.07. The van der Waals surface area contributed by atoms with Crippen LogP contribution in [0.15, 0.2) is 30.5 Å². The highest BCUT2D eigenvalue weighted by molar-refractivity contribution is 5.48. The lowest BCUT2D eigenvalue weighted by Crippen LogP contribution is -2.13. The summed E-state index contributed by atoms with van der Waals surface area (Å²) in [6.07, 6.45) is 8.80. The molecule has 1 aromatic carbocycles. The predicted octanol–water partition coefficient (Wildman–Crippen LogP) is 4.62. The maximum Gasteiger partial charge on any atom is 0.0815 e. The standard InChI is InChI=1S/C18H25N3/c1-14-10-15(2)12-17(11-14)19-13-16-8-9-21(20-16)18-6-4-3-5-7-18/h8-12,18-19H,3-7,13H2,1-2H3. The lowest BCUT2D eigenvalue weighted by atomic mass is 9.96. The van der Waals surface area contributed by atoms with Gasteiger partial charge in [0.1, 0.15) is 0 Å². The van der Waals surface area contributed by atoms with Crippen LogP contribution in [-0.2, 0) is 6.54 Å². The minimum Gasteiger partial charge on any atom is -0.379 e. The number of aromatic nitrogens is 2. The van der Waals surface area contributed by atoms with Crippen molar-refractivity contribution >= 4 is 5.69 Å². The topological polar surface area (TPSA) is 29.9 Å². The molecule has 1 aliphatic rings. The highest BCUT2D eigenvalue weighted by atomic mass is 15.3. The van der Waals surface area contributed by atoms with Crippen molar-refractivity contribution in [1.82, 2.24) is 9.78 Å². The number of hydrogen-bond acceptors (Lipinski definition) is 2. The molecular formula is C18H25N3. The fourth-order valence-corrected chi connectivity index (χ4v) is 3.29. The van der Waals surface area contributed by atoms with Gasteiger partial charge in [-0.1, -0.05) is 25.3 Å². The number of hydrogen-bond donors (Lipinski definition) is 1. The average molecular weight is 283 g/mol. The van der Waals surface area contributed by atoms with Gasteiger partial charge >= 0.3 is 0 Å². The Hall–Kier alpha value is -1.77. The van der Waals surface area contributed by atoms with Crippen LogP contribution in [0.3, 0.4) is 0 Å². The maximum absolute atomic E-state index is 4.75. The lowest BCUT2D eigenvalue weighted by molar-refractivity contribution is 0.328. The molecule has 112 valence electrons. The molecule has 0 atom stereocenters. The van der Waals surface area contributed by atoms with Crippen molar-refractivity contribution in [3.63, 3.8) is 0 Å². The first-order chi connectivity index (χ1) is 10.2. The van der Waals surface area contributed by atoms with Crippen molar-refractivity contribution in [2.45, 2.75) is 58.5 Å². The van der Waals surface area contributed by atoms with Crippen molar-refractivity contribution in [1.29, 1.82) is 0 Å². The first kappa shape index (κ1) is 14.2. The van der Waals surface area contributed by atoms with Crippen LogP contribution in [0, 0.1) is 13.8 Å². The van der Waals surface area contributed by atoms with Crippen LogP contribution >= 0.6 is 0 Å². The molecule has 1 fully saturated rings. The molecule has 0 radical (unpaired) electrons. The van der Waals surface area contributed by atoms with E-state index in [1.807, 2.05) is 0 Å². The van der Waals surface area contributed by atoms with E-state index in [1.54, 1.807) is 0 Å². The van der Waals surface area contributed by atoms with E-state index in [2.05, 4.69) is 54.3 Å². The molecular weight excluding hydrogens is 258 g/mol. The van der Waals surface area contributed by atoms with Gasteiger partial charge in [-0.05, 0) is 56.0 Å². The van der Waals surface area contributed by atoms with E-state index >= 15 is 0 Å². The molecule has 1 saturated carbocycles. The molecule has 0 aliphatic heterocycles. The van der Waals surface area contributed by atoms with Crippen molar-refractivity contribution < 1.29 is 0 Å². The van der Waals surface area contributed by atoms with Gasteiger partial charge in [0.2, 0.25) is 0 Å². The summed E-state index contributed by atoms with van der Waals surface area (Å²) in [5.74, 6) is 0. The lowest BCUT2D eigenvalue weighted by Gasteiger charge is -2.21. The summed E-state index contributed by atoms with van der Waals surface area (Å²) in [6.45, 7) is 5.06. The molecule has 3 heteroatoms. The molecule has 21 heavy (non-hydrogen) atoms. The smallest absolute Gasteiger partial charge is 0.0815 e. The third-order valence-corrected chi connectivity index (χ3v) is 4.31. The number of benzene rings is 1. The maximum atomic E-state index is 4.75. The van der Waals surface area contributed by atoms with Gasteiger partial charge in [-0.2, -0.15) is 5.10 Å². The van der Waals surface area contributed by atoms with E-state index in [4.69, 9.17) is 5.10 Å². The monoisotopic (exact) mass is 283 g/mol. The Bertz CT molecular complexity index is 574. The first-order valence-electron chi connectivity index (χ1n) is 8.07. The van der Waals surface area contributed by atoms with Crippen LogP contribution in [0.1, 0.15) is 55.0 Å². The molecule has 0 amide bonds. The quantitative estimate of drug-likeness (QED) is 0.887. The van der Waals surface area contributed by atoms with E-state index < -0.39 is 0 Å². The third-order valence-electron chi connectivity index (χ3n) is 4.31. The SMILES string of the molecule is Cc1cc(C)cc(NCc2ccn(C3CCCCC3)n2)c1. The Morgan fingerprint density at radius 1 is 1.10 bits per heavy atom. The molecule has 1 heterocycles. The number of aryl methyl sites for hydroxylation is 2. The Labute approximate surface area is 127 Å².